The van der Waals surface area contributed by atoms with Crippen LogP contribution >= 0.6 is 0 Å². The first-order valence-electron chi connectivity index (χ1n) is 8.60. The molecule has 0 saturated heterocycles. The first kappa shape index (κ1) is 16.8. The number of fused-ring (bicyclic) bond motifs is 1. The van der Waals surface area contributed by atoms with Gasteiger partial charge in [-0.2, -0.15) is 0 Å². The highest BCUT2D eigenvalue weighted by molar-refractivity contribution is 6.43. The number of hydrogen-bond acceptors (Lipinski definition) is 3. The highest BCUT2D eigenvalue weighted by Gasteiger charge is 2.35. The van der Waals surface area contributed by atoms with Crippen molar-refractivity contribution in [2.75, 3.05) is 4.90 Å². The van der Waals surface area contributed by atoms with E-state index in [2.05, 4.69) is 0 Å². The van der Waals surface area contributed by atoms with Crippen molar-refractivity contribution in [1.29, 1.82) is 0 Å². The molecule has 0 unspecified atom stereocenters. The van der Waals surface area contributed by atoms with Crippen molar-refractivity contribution in [2.24, 2.45) is 0 Å². The zero-order valence-corrected chi connectivity index (χ0v) is 14.7. The lowest BCUT2D eigenvalue weighted by atomic mass is 9.91. The van der Waals surface area contributed by atoms with E-state index in [9.17, 15) is 14.7 Å². The maximum Gasteiger partial charge on any atom is 0.265 e. The second-order valence-electron chi connectivity index (χ2n) is 6.48. The van der Waals surface area contributed by atoms with Gasteiger partial charge in [0.1, 0.15) is 5.75 Å². The Labute approximate surface area is 157 Å². The van der Waals surface area contributed by atoms with Gasteiger partial charge in [0, 0.05) is 11.1 Å². The molecule has 2 amide bonds. The van der Waals surface area contributed by atoms with Crippen molar-refractivity contribution in [3.05, 3.63) is 95.1 Å². The third-order valence-corrected chi connectivity index (χ3v) is 4.53. The number of hydrogen-bond donors (Lipinski definition) is 1. The number of anilines is 1. The number of phenols is 1. The number of amides is 2. The molecule has 4 heteroatoms. The Bertz CT molecular complexity index is 1100. The monoisotopic (exact) mass is 355 g/mol. The van der Waals surface area contributed by atoms with E-state index in [0.717, 1.165) is 5.56 Å². The number of imide groups is 1. The molecule has 0 spiro atoms. The average molecular weight is 355 g/mol. The second-order valence-corrected chi connectivity index (χ2v) is 6.48. The summed E-state index contributed by atoms with van der Waals surface area (Å²) in [5, 5.41) is 9.73. The fraction of sp³-hybridized carbons (Fsp3) is 0.0435. The van der Waals surface area contributed by atoms with E-state index < -0.39 is 0 Å². The number of carbonyl (C=O) groups excluding carboxylic acids is 2. The molecular weight excluding hydrogens is 338 g/mol. The van der Waals surface area contributed by atoms with Crippen molar-refractivity contribution < 1.29 is 14.7 Å². The van der Waals surface area contributed by atoms with Crippen LogP contribution in [0.4, 0.5) is 5.69 Å². The lowest BCUT2D eigenvalue weighted by molar-refractivity contribution is -0.112. The van der Waals surface area contributed by atoms with Crippen LogP contribution in [0.15, 0.2) is 72.8 Å². The number of phenolic OH excluding ortho intramolecular Hbond substituents is 1. The molecule has 27 heavy (non-hydrogen) atoms. The molecule has 3 aromatic carbocycles. The fourth-order valence-electron chi connectivity index (χ4n) is 3.28. The highest BCUT2D eigenvalue weighted by Crippen LogP contribution is 2.33. The summed E-state index contributed by atoms with van der Waals surface area (Å²) in [5.74, 6) is -0.602. The highest BCUT2D eigenvalue weighted by atomic mass is 16.3. The molecule has 1 heterocycles. The van der Waals surface area contributed by atoms with Crippen LogP contribution in [0.25, 0.3) is 11.6 Å². The first-order valence-corrected chi connectivity index (χ1v) is 8.60. The topological polar surface area (TPSA) is 57.6 Å². The third-order valence-electron chi connectivity index (χ3n) is 4.53. The van der Waals surface area contributed by atoms with Gasteiger partial charge >= 0.3 is 0 Å². The quantitative estimate of drug-likeness (QED) is 0.546. The van der Waals surface area contributed by atoms with E-state index in [-0.39, 0.29) is 17.6 Å². The molecule has 1 aliphatic heterocycles. The zero-order valence-electron chi connectivity index (χ0n) is 14.7. The summed E-state index contributed by atoms with van der Waals surface area (Å²) in [6.45, 7) is 1.92. The summed E-state index contributed by atoms with van der Waals surface area (Å²) in [6.07, 6.45) is 1.70. The third kappa shape index (κ3) is 3.02. The van der Waals surface area contributed by atoms with Crippen LogP contribution in [0.1, 0.15) is 27.0 Å². The van der Waals surface area contributed by atoms with Crippen molar-refractivity contribution in [3.63, 3.8) is 0 Å². The van der Waals surface area contributed by atoms with Crippen molar-refractivity contribution >= 4 is 29.2 Å². The van der Waals surface area contributed by atoms with Crippen molar-refractivity contribution in [3.8, 4) is 5.75 Å². The number of benzene rings is 3. The Morgan fingerprint density at radius 3 is 2.30 bits per heavy atom. The molecule has 0 atom stereocenters. The average Bonchev–Trinajstić information content (AvgIpc) is 2.65. The number of aromatic hydroxyl groups is 1. The molecule has 132 valence electrons. The van der Waals surface area contributed by atoms with E-state index >= 15 is 0 Å². The molecule has 3 aromatic rings. The van der Waals surface area contributed by atoms with Crippen molar-refractivity contribution in [1.82, 2.24) is 0 Å². The van der Waals surface area contributed by atoms with E-state index in [1.54, 1.807) is 60.7 Å². The van der Waals surface area contributed by atoms with Crippen LogP contribution in [0, 0.1) is 6.92 Å². The minimum Gasteiger partial charge on any atom is -0.508 e. The Hall–Kier alpha value is -3.66. The van der Waals surface area contributed by atoms with E-state index in [0.29, 0.717) is 28.0 Å². The summed E-state index contributed by atoms with van der Waals surface area (Å²) >= 11 is 0. The molecule has 4 rings (SSSR count). The Morgan fingerprint density at radius 2 is 1.56 bits per heavy atom. The van der Waals surface area contributed by atoms with Gasteiger partial charge in [0.15, 0.2) is 0 Å². The maximum atomic E-state index is 13.3. The van der Waals surface area contributed by atoms with Crippen LogP contribution in [-0.2, 0) is 4.79 Å². The standard InChI is InChI=1S/C23H17NO3/c1-15-6-4-8-17(12-15)24-22(26)20-11-3-2-10-19(20)21(23(24)27)14-16-7-5-9-18(25)13-16/h2-14,25H,1H3/b21-14+. The molecule has 0 bridgehead atoms. The van der Waals surface area contributed by atoms with E-state index in [1.165, 1.54) is 4.90 Å². The molecule has 1 aliphatic rings. The lowest BCUT2D eigenvalue weighted by Gasteiger charge is -2.29. The second kappa shape index (κ2) is 6.57. The molecule has 0 radical (unpaired) electrons. The van der Waals surface area contributed by atoms with E-state index in [1.807, 2.05) is 25.1 Å². The van der Waals surface area contributed by atoms with Gasteiger partial charge in [0.05, 0.1) is 5.69 Å². The Morgan fingerprint density at radius 1 is 0.815 bits per heavy atom. The minimum atomic E-state index is -0.382. The van der Waals surface area contributed by atoms with Gasteiger partial charge in [-0.1, -0.05) is 42.5 Å². The van der Waals surface area contributed by atoms with E-state index in [4.69, 9.17) is 0 Å². The summed E-state index contributed by atoms with van der Waals surface area (Å²) in [7, 11) is 0. The number of nitrogens with zero attached hydrogens (tertiary/aromatic N) is 1. The molecule has 4 nitrogen and oxygen atoms in total. The summed E-state index contributed by atoms with van der Waals surface area (Å²) in [6, 6.07) is 21.1. The van der Waals surface area contributed by atoms with Crippen LogP contribution in [-0.4, -0.2) is 16.9 Å². The predicted molar refractivity (Wildman–Crippen MR) is 105 cm³/mol. The molecule has 0 fully saturated rings. The van der Waals surface area contributed by atoms with Gasteiger partial charge in [0.25, 0.3) is 11.8 Å². The number of rotatable bonds is 2. The predicted octanol–water partition coefficient (Wildman–Crippen LogP) is 4.43. The summed E-state index contributed by atoms with van der Waals surface area (Å²) < 4.78 is 0. The van der Waals surface area contributed by atoms with Gasteiger partial charge < -0.3 is 5.11 Å². The van der Waals surface area contributed by atoms with Gasteiger partial charge in [0.2, 0.25) is 0 Å². The number of carbonyl (C=O) groups is 2. The normalized spacial score (nSPS) is 15.1. The molecule has 0 saturated carbocycles. The molecular formula is C23H17NO3. The summed E-state index contributed by atoms with van der Waals surface area (Å²) in [4.78, 5) is 27.5. The van der Waals surface area contributed by atoms with Gasteiger partial charge in [-0.25, -0.2) is 4.90 Å². The number of aryl methyl sites for hydroxylation is 1. The smallest absolute Gasteiger partial charge is 0.265 e. The van der Waals surface area contributed by atoms with Gasteiger partial charge in [-0.3, -0.25) is 9.59 Å². The van der Waals surface area contributed by atoms with Crippen LogP contribution in [0.5, 0.6) is 5.75 Å². The SMILES string of the molecule is Cc1cccc(N2C(=O)/C(=C/c3cccc(O)c3)c3ccccc3C2=O)c1. The summed E-state index contributed by atoms with van der Waals surface area (Å²) in [5.41, 5.74) is 3.68. The Kier molecular flexibility index (Phi) is 4.09. The molecule has 1 N–H and O–H groups in total. The van der Waals surface area contributed by atoms with Crippen molar-refractivity contribution in [2.45, 2.75) is 6.92 Å². The molecule has 0 aliphatic carbocycles. The minimum absolute atomic E-state index is 0.118. The Balaban J connectivity index is 1.91. The largest absolute Gasteiger partial charge is 0.508 e. The van der Waals surface area contributed by atoms with Crippen LogP contribution < -0.4 is 4.90 Å². The lowest BCUT2D eigenvalue weighted by Crippen LogP contribution is -2.41. The fourth-order valence-corrected chi connectivity index (χ4v) is 3.28. The van der Waals surface area contributed by atoms with Crippen LogP contribution in [0.2, 0.25) is 0 Å². The van der Waals surface area contributed by atoms with Gasteiger partial charge in [-0.05, 0) is 60.0 Å². The van der Waals surface area contributed by atoms with Crippen LogP contribution in [0.3, 0.4) is 0 Å². The maximum absolute atomic E-state index is 13.3. The molecule has 0 aromatic heterocycles. The first-order chi connectivity index (χ1) is 13.0. The van der Waals surface area contributed by atoms with Gasteiger partial charge in [-0.15, -0.1) is 0 Å². The zero-order chi connectivity index (χ0) is 19.0.